The molecule has 0 amide bonds. The molecule has 0 saturated heterocycles. The van der Waals surface area contributed by atoms with Crippen molar-refractivity contribution in [2.75, 3.05) is 6.61 Å². The van der Waals surface area contributed by atoms with Crippen LogP contribution in [0.25, 0.3) is 11.0 Å². The molecule has 1 heterocycles. The fourth-order valence-electron chi connectivity index (χ4n) is 5.78. The number of aliphatic hydroxyl groups excluding tert-OH is 1. The molecule has 1 aromatic heterocycles. The van der Waals surface area contributed by atoms with Gasteiger partial charge in [0, 0.05) is 23.4 Å². The fourth-order valence-corrected chi connectivity index (χ4v) is 5.78. The molecule has 0 radical (unpaired) electrons. The van der Waals surface area contributed by atoms with Gasteiger partial charge in [0.2, 0.25) is 0 Å². The minimum atomic E-state index is -0.358. The Hall–Kier alpha value is -2.07. The van der Waals surface area contributed by atoms with Crippen molar-refractivity contribution < 1.29 is 14.3 Å². The second kappa shape index (κ2) is 6.77. The molecule has 0 unspecified atom stereocenters. The standard InChI is InChI=1S/C24H30O4/c1-15-5-9-20-23(2,3)21(25)11-12-24(20,4)18(15)14-27-17-8-6-16-7-10-22(26)28-19(16)13-17/h6-8,10,13,18,20-21,25H,1,5,9,11-12,14H2,2-4H3/t18-,20+,21-,24+/m1/s1. The van der Waals surface area contributed by atoms with Gasteiger partial charge in [0.05, 0.1) is 12.7 Å². The molecule has 1 N–H and O–H groups in total. The molecule has 2 aliphatic carbocycles. The molecule has 0 bridgehead atoms. The Bertz CT molecular complexity index is 956. The van der Waals surface area contributed by atoms with Crippen molar-refractivity contribution in [1.29, 1.82) is 0 Å². The van der Waals surface area contributed by atoms with Crippen LogP contribution in [0.5, 0.6) is 5.75 Å². The largest absolute Gasteiger partial charge is 0.493 e. The van der Waals surface area contributed by atoms with Crippen molar-refractivity contribution in [2.24, 2.45) is 22.7 Å². The average Bonchev–Trinajstić information content (AvgIpc) is 2.64. The molecule has 0 spiro atoms. The van der Waals surface area contributed by atoms with Gasteiger partial charge in [-0.15, -0.1) is 0 Å². The van der Waals surface area contributed by atoms with Crippen LogP contribution in [0.2, 0.25) is 0 Å². The molecular weight excluding hydrogens is 352 g/mol. The first-order chi connectivity index (χ1) is 13.2. The second-order valence-electron chi connectivity index (χ2n) is 9.45. The van der Waals surface area contributed by atoms with Crippen molar-refractivity contribution in [1.82, 2.24) is 0 Å². The van der Waals surface area contributed by atoms with Crippen molar-refractivity contribution >= 4 is 11.0 Å². The van der Waals surface area contributed by atoms with Gasteiger partial charge in [-0.3, -0.25) is 0 Å². The lowest BCUT2D eigenvalue weighted by Gasteiger charge is -2.59. The van der Waals surface area contributed by atoms with Gasteiger partial charge in [-0.2, -0.15) is 0 Å². The predicted octanol–water partition coefficient (Wildman–Crippen LogP) is 4.94. The maximum atomic E-state index is 11.5. The van der Waals surface area contributed by atoms with E-state index in [9.17, 15) is 9.90 Å². The minimum Gasteiger partial charge on any atom is -0.493 e. The van der Waals surface area contributed by atoms with Crippen LogP contribution in [-0.2, 0) is 0 Å². The van der Waals surface area contributed by atoms with Gasteiger partial charge in [0.15, 0.2) is 0 Å². The Kier molecular flexibility index (Phi) is 4.65. The first-order valence-electron chi connectivity index (χ1n) is 10.2. The maximum absolute atomic E-state index is 11.5. The van der Waals surface area contributed by atoms with E-state index in [0.717, 1.165) is 31.1 Å². The van der Waals surface area contributed by atoms with Crippen LogP contribution in [0.4, 0.5) is 0 Å². The van der Waals surface area contributed by atoms with Crippen LogP contribution in [0.15, 0.2) is 51.7 Å². The molecule has 2 fully saturated rings. The molecule has 4 atom stereocenters. The van der Waals surface area contributed by atoms with E-state index < -0.39 is 0 Å². The van der Waals surface area contributed by atoms with E-state index in [-0.39, 0.29) is 28.5 Å². The monoisotopic (exact) mass is 382 g/mol. The summed E-state index contributed by atoms with van der Waals surface area (Å²) in [4.78, 5) is 11.5. The molecule has 2 aromatic rings. The van der Waals surface area contributed by atoms with Gasteiger partial charge in [0.1, 0.15) is 11.3 Å². The average molecular weight is 383 g/mol. The van der Waals surface area contributed by atoms with Crippen LogP contribution in [0.1, 0.15) is 46.5 Å². The Morgan fingerprint density at radius 1 is 1.21 bits per heavy atom. The van der Waals surface area contributed by atoms with E-state index in [1.165, 1.54) is 11.6 Å². The van der Waals surface area contributed by atoms with Crippen LogP contribution < -0.4 is 10.4 Å². The van der Waals surface area contributed by atoms with E-state index in [2.05, 4.69) is 27.4 Å². The summed E-state index contributed by atoms with van der Waals surface area (Å²) in [5, 5.41) is 11.5. The third-order valence-electron chi connectivity index (χ3n) is 7.56. The van der Waals surface area contributed by atoms with Crippen molar-refractivity contribution in [2.45, 2.75) is 52.6 Å². The van der Waals surface area contributed by atoms with Gasteiger partial charge in [-0.05, 0) is 60.6 Å². The summed E-state index contributed by atoms with van der Waals surface area (Å²) in [6.45, 7) is 11.7. The zero-order valence-corrected chi connectivity index (χ0v) is 17.0. The second-order valence-corrected chi connectivity index (χ2v) is 9.45. The first-order valence-corrected chi connectivity index (χ1v) is 10.2. The Morgan fingerprint density at radius 3 is 2.75 bits per heavy atom. The molecule has 4 heteroatoms. The molecule has 150 valence electrons. The zero-order valence-electron chi connectivity index (χ0n) is 17.0. The predicted molar refractivity (Wildman–Crippen MR) is 110 cm³/mol. The minimum absolute atomic E-state index is 0.0709. The van der Waals surface area contributed by atoms with Crippen molar-refractivity contribution in [3.63, 3.8) is 0 Å². The SMILES string of the molecule is C=C1CC[C@H]2C(C)(C)[C@H](O)CC[C@@]2(C)[C@@H]1COc1ccc2ccc(=O)oc2c1. The molecular formula is C24H30O4. The van der Waals surface area contributed by atoms with Crippen LogP contribution in [-0.4, -0.2) is 17.8 Å². The lowest BCUT2D eigenvalue weighted by molar-refractivity contribution is -0.128. The van der Waals surface area contributed by atoms with Crippen molar-refractivity contribution in [3.05, 3.63) is 52.9 Å². The topological polar surface area (TPSA) is 59.7 Å². The summed E-state index contributed by atoms with van der Waals surface area (Å²) in [6.07, 6.45) is 3.63. The van der Waals surface area contributed by atoms with E-state index in [4.69, 9.17) is 9.15 Å². The smallest absolute Gasteiger partial charge is 0.336 e. The number of benzene rings is 1. The summed E-state index contributed by atoms with van der Waals surface area (Å²) < 4.78 is 11.5. The number of aliphatic hydroxyl groups is 1. The quantitative estimate of drug-likeness (QED) is 0.603. The highest BCUT2D eigenvalue weighted by atomic mass is 16.5. The van der Waals surface area contributed by atoms with Gasteiger partial charge in [0.25, 0.3) is 0 Å². The van der Waals surface area contributed by atoms with Gasteiger partial charge in [-0.1, -0.05) is 32.9 Å². The molecule has 0 aliphatic heterocycles. The lowest BCUT2D eigenvalue weighted by atomic mass is 9.47. The van der Waals surface area contributed by atoms with Gasteiger partial charge >= 0.3 is 5.63 Å². The highest BCUT2D eigenvalue weighted by Gasteiger charge is 2.56. The normalized spacial score (nSPS) is 32.1. The number of rotatable bonds is 3. The summed E-state index contributed by atoms with van der Waals surface area (Å²) in [5.74, 6) is 1.39. The molecule has 1 aromatic carbocycles. The molecule has 2 saturated carbocycles. The molecule has 2 aliphatic rings. The van der Waals surface area contributed by atoms with E-state index in [1.807, 2.05) is 12.1 Å². The van der Waals surface area contributed by atoms with E-state index in [1.54, 1.807) is 12.1 Å². The third kappa shape index (κ3) is 3.08. The Morgan fingerprint density at radius 2 is 1.96 bits per heavy atom. The summed E-state index contributed by atoms with van der Waals surface area (Å²) in [6, 6.07) is 8.80. The summed E-state index contributed by atoms with van der Waals surface area (Å²) >= 11 is 0. The summed E-state index contributed by atoms with van der Waals surface area (Å²) in [7, 11) is 0. The first kappa shape index (κ1) is 19.3. The van der Waals surface area contributed by atoms with Crippen LogP contribution in [0, 0.1) is 22.7 Å². The van der Waals surface area contributed by atoms with Crippen LogP contribution >= 0.6 is 0 Å². The Balaban J connectivity index is 1.58. The van der Waals surface area contributed by atoms with Crippen molar-refractivity contribution in [3.8, 4) is 5.75 Å². The van der Waals surface area contributed by atoms with Gasteiger partial charge in [-0.25, -0.2) is 4.79 Å². The molecule has 4 nitrogen and oxygen atoms in total. The highest BCUT2D eigenvalue weighted by Crippen LogP contribution is 2.60. The fraction of sp³-hybridized carbons (Fsp3) is 0.542. The Labute approximate surface area is 166 Å². The highest BCUT2D eigenvalue weighted by molar-refractivity contribution is 5.77. The zero-order chi connectivity index (χ0) is 20.1. The number of hydrogen-bond donors (Lipinski definition) is 1. The lowest BCUT2D eigenvalue weighted by Crippen LogP contribution is -2.55. The summed E-state index contributed by atoms with van der Waals surface area (Å²) in [5.41, 5.74) is 1.40. The van der Waals surface area contributed by atoms with Gasteiger partial charge < -0.3 is 14.3 Å². The van der Waals surface area contributed by atoms with E-state index >= 15 is 0 Å². The molecule has 28 heavy (non-hydrogen) atoms. The number of hydrogen-bond acceptors (Lipinski definition) is 4. The number of ether oxygens (including phenoxy) is 1. The molecule has 4 rings (SSSR count). The van der Waals surface area contributed by atoms with Crippen LogP contribution in [0.3, 0.4) is 0 Å². The maximum Gasteiger partial charge on any atom is 0.336 e. The third-order valence-corrected chi connectivity index (χ3v) is 7.56. The number of fused-ring (bicyclic) bond motifs is 2. The van der Waals surface area contributed by atoms with E-state index in [0.29, 0.717) is 23.9 Å².